The van der Waals surface area contributed by atoms with E-state index in [1.165, 1.54) is 13.2 Å². The topological polar surface area (TPSA) is 26.3 Å². The summed E-state index contributed by atoms with van der Waals surface area (Å²) in [5.74, 6) is -0.445. The molecule has 1 rings (SSSR count). The number of methoxy groups -OCH3 is 1. The van der Waals surface area contributed by atoms with Crippen molar-refractivity contribution in [2.24, 2.45) is 0 Å². The summed E-state index contributed by atoms with van der Waals surface area (Å²) in [4.78, 5) is 11.1. The summed E-state index contributed by atoms with van der Waals surface area (Å²) in [5.41, 5.74) is 0.365. The lowest BCUT2D eigenvalue weighted by Crippen LogP contribution is -2.00. The first-order chi connectivity index (χ1) is 6.06. The van der Waals surface area contributed by atoms with Gasteiger partial charge in [0.1, 0.15) is 0 Å². The van der Waals surface area contributed by atoms with E-state index in [1.807, 2.05) is 0 Å². The summed E-state index contributed by atoms with van der Waals surface area (Å²) in [6.07, 6.45) is 0. The van der Waals surface area contributed by atoms with Gasteiger partial charge in [0.05, 0.1) is 22.7 Å². The molecule has 1 aromatic rings. The van der Waals surface area contributed by atoms with E-state index in [0.717, 1.165) is 0 Å². The number of ether oxygens (including phenoxy) is 1. The molecule has 0 saturated carbocycles. The highest BCUT2D eigenvalue weighted by molar-refractivity contribution is 9.10. The van der Waals surface area contributed by atoms with E-state index in [-0.39, 0.29) is 0 Å². The minimum absolute atomic E-state index is 0.316. The minimum atomic E-state index is -0.445. The molecule has 0 aliphatic heterocycles. The molecule has 0 atom stereocenters. The van der Waals surface area contributed by atoms with Crippen molar-refractivity contribution in [1.82, 2.24) is 0 Å². The van der Waals surface area contributed by atoms with Crippen LogP contribution in [0.5, 0.6) is 0 Å². The second-order valence-corrected chi connectivity index (χ2v) is 3.88. The number of carbonyl (C=O) groups excluding carboxylic acids is 1. The van der Waals surface area contributed by atoms with Gasteiger partial charge in [-0.2, -0.15) is 0 Å². The molecule has 0 aliphatic carbocycles. The third kappa shape index (κ3) is 2.36. The van der Waals surface area contributed by atoms with E-state index < -0.39 is 5.97 Å². The maximum atomic E-state index is 11.1. The van der Waals surface area contributed by atoms with Crippen LogP contribution >= 0.6 is 39.1 Å². The molecule has 2 nitrogen and oxygen atoms in total. The molecule has 0 aromatic heterocycles. The lowest BCUT2D eigenvalue weighted by molar-refractivity contribution is 0.0600. The highest BCUT2D eigenvalue weighted by atomic mass is 79.9. The van der Waals surface area contributed by atoms with Gasteiger partial charge in [-0.1, -0.05) is 23.2 Å². The zero-order valence-electron chi connectivity index (χ0n) is 6.61. The molecule has 0 saturated heterocycles. The smallest absolute Gasteiger partial charge is 0.337 e. The normalized spacial score (nSPS) is 9.85. The summed E-state index contributed by atoms with van der Waals surface area (Å²) in [5, 5.41) is 0.700. The third-order valence-corrected chi connectivity index (χ3v) is 3.06. The summed E-state index contributed by atoms with van der Waals surface area (Å²) >= 11 is 14.7. The Kier molecular flexibility index (Phi) is 3.59. The van der Waals surface area contributed by atoms with Crippen molar-refractivity contribution >= 4 is 45.1 Å². The molecule has 0 heterocycles. The van der Waals surface area contributed by atoms with Crippen LogP contribution in [0.15, 0.2) is 16.6 Å². The lowest BCUT2D eigenvalue weighted by atomic mass is 10.2. The zero-order valence-corrected chi connectivity index (χ0v) is 9.70. The number of rotatable bonds is 1. The van der Waals surface area contributed by atoms with Gasteiger partial charge in [-0.3, -0.25) is 0 Å². The number of carbonyl (C=O) groups is 1. The average molecular weight is 284 g/mol. The zero-order chi connectivity index (χ0) is 10.0. The number of esters is 1. The van der Waals surface area contributed by atoms with E-state index in [2.05, 4.69) is 20.7 Å². The Morgan fingerprint density at radius 2 is 2.08 bits per heavy atom. The molecule has 0 amide bonds. The van der Waals surface area contributed by atoms with Crippen molar-refractivity contribution < 1.29 is 9.53 Å². The first-order valence-electron chi connectivity index (χ1n) is 3.29. The molecule has 5 heteroatoms. The molecule has 0 N–H and O–H groups in total. The second-order valence-electron chi connectivity index (χ2n) is 2.25. The molecule has 0 unspecified atom stereocenters. The van der Waals surface area contributed by atoms with Crippen LogP contribution in [0.4, 0.5) is 0 Å². The van der Waals surface area contributed by atoms with Gasteiger partial charge < -0.3 is 4.74 Å². The van der Waals surface area contributed by atoms with Crippen molar-refractivity contribution in [3.8, 4) is 0 Å². The standard InChI is InChI=1S/C8H5BrCl2O2/c1-13-8(12)4-2-5(9)7(11)6(10)3-4/h2-3H,1H3. The van der Waals surface area contributed by atoms with Crippen LogP contribution in [0.2, 0.25) is 10.0 Å². The van der Waals surface area contributed by atoms with E-state index in [9.17, 15) is 4.79 Å². The predicted molar refractivity (Wildman–Crippen MR) is 55.5 cm³/mol. The van der Waals surface area contributed by atoms with E-state index in [1.54, 1.807) is 6.07 Å². The SMILES string of the molecule is COC(=O)c1cc(Cl)c(Cl)c(Br)c1. The summed E-state index contributed by atoms with van der Waals surface area (Å²) in [7, 11) is 1.30. The van der Waals surface area contributed by atoms with Gasteiger partial charge in [-0.25, -0.2) is 4.79 Å². The van der Waals surface area contributed by atoms with Crippen LogP contribution in [0, 0.1) is 0 Å². The number of halogens is 3. The van der Waals surface area contributed by atoms with E-state index in [4.69, 9.17) is 23.2 Å². The van der Waals surface area contributed by atoms with Crippen LogP contribution in [0.25, 0.3) is 0 Å². The Balaban J connectivity index is 3.20. The summed E-state index contributed by atoms with van der Waals surface area (Å²) in [6.45, 7) is 0. The fourth-order valence-corrected chi connectivity index (χ4v) is 1.69. The Morgan fingerprint density at radius 1 is 1.46 bits per heavy atom. The highest BCUT2D eigenvalue weighted by Gasteiger charge is 2.11. The Labute approximate surface area is 93.9 Å². The van der Waals surface area contributed by atoms with E-state index >= 15 is 0 Å². The third-order valence-electron chi connectivity index (χ3n) is 1.40. The molecule has 70 valence electrons. The molecule has 0 radical (unpaired) electrons. The molecule has 0 bridgehead atoms. The fraction of sp³-hybridized carbons (Fsp3) is 0.125. The second kappa shape index (κ2) is 4.31. The van der Waals surface area contributed by atoms with Gasteiger partial charge >= 0.3 is 5.97 Å². The Morgan fingerprint density at radius 3 is 2.54 bits per heavy atom. The monoisotopic (exact) mass is 282 g/mol. The Bertz CT molecular complexity index is 329. The first kappa shape index (κ1) is 10.8. The largest absolute Gasteiger partial charge is 0.465 e. The van der Waals surface area contributed by atoms with Crippen molar-refractivity contribution in [3.63, 3.8) is 0 Å². The summed E-state index contributed by atoms with van der Waals surface area (Å²) in [6, 6.07) is 3.01. The Hall–Kier alpha value is -0.250. The number of hydrogen-bond acceptors (Lipinski definition) is 2. The van der Waals surface area contributed by atoms with Gasteiger partial charge in [0.2, 0.25) is 0 Å². The predicted octanol–water partition coefficient (Wildman–Crippen LogP) is 3.54. The molecular formula is C8H5BrCl2O2. The quantitative estimate of drug-likeness (QED) is 0.582. The summed E-state index contributed by atoms with van der Waals surface area (Å²) < 4.78 is 5.10. The van der Waals surface area contributed by atoms with Crippen molar-refractivity contribution in [2.45, 2.75) is 0 Å². The lowest BCUT2D eigenvalue weighted by Gasteiger charge is -2.03. The number of hydrogen-bond donors (Lipinski definition) is 0. The molecule has 0 aliphatic rings. The maximum Gasteiger partial charge on any atom is 0.337 e. The van der Waals surface area contributed by atoms with Gasteiger partial charge in [-0.05, 0) is 28.1 Å². The van der Waals surface area contributed by atoms with Gasteiger partial charge in [-0.15, -0.1) is 0 Å². The van der Waals surface area contributed by atoms with Crippen molar-refractivity contribution in [3.05, 3.63) is 32.2 Å². The average Bonchev–Trinajstić information content (AvgIpc) is 2.12. The van der Waals surface area contributed by atoms with Crippen LogP contribution in [-0.4, -0.2) is 13.1 Å². The van der Waals surface area contributed by atoms with Gasteiger partial charge in [0.15, 0.2) is 0 Å². The number of benzene rings is 1. The maximum absolute atomic E-state index is 11.1. The van der Waals surface area contributed by atoms with Crippen molar-refractivity contribution in [2.75, 3.05) is 7.11 Å². The van der Waals surface area contributed by atoms with Gasteiger partial charge in [0.25, 0.3) is 0 Å². The molecule has 0 fully saturated rings. The van der Waals surface area contributed by atoms with Crippen LogP contribution in [-0.2, 0) is 4.74 Å². The molecular weight excluding hydrogens is 279 g/mol. The minimum Gasteiger partial charge on any atom is -0.465 e. The molecule has 13 heavy (non-hydrogen) atoms. The molecule has 1 aromatic carbocycles. The van der Waals surface area contributed by atoms with Gasteiger partial charge in [0, 0.05) is 4.47 Å². The van der Waals surface area contributed by atoms with Crippen LogP contribution in [0.1, 0.15) is 10.4 Å². The van der Waals surface area contributed by atoms with Crippen LogP contribution in [0.3, 0.4) is 0 Å². The van der Waals surface area contributed by atoms with Crippen molar-refractivity contribution in [1.29, 1.82) is 0 Å². The highest BCUT2D eigenvalue weighted by Crippen LogP contribution is 2.31. The fourth-order valence-electron chi connectivity index (χ4n) is 0.791. The van der Waals surface area contributed by atoms with Crippen LogP contribution < -0.4 is 0 Å². The first-order valence-corrected chi connectivity index (χ1v) is 4.84. The van der Waals surface area contributed by atoms with E-state index in [0.29, 0.717) is 20.1 Å². The molecule has 0 spiro atoms.